The molecule has 1 aromatic carbocycles. The molecule has 2 aromatic heterocycles. The maximum atomic E-state index is 12.2. The molecule has 0 saturated carbocycles. The Morgan fingerprint density at radius 3 is 2.74 bits per heavy atom. The molecule has 3 aromatic rings. The van der Waals surface area contributed by atoms with Gasteiger partial charge in [0.1, 0.15) is 5.75 Å². The molecular formula is C20H22N4O2S. The normalized spacial score (nSPS) is 14.1. The van der Waals surface area contributed by atoms with Gasteiger partial charge in [-0.05, 0) is 42.0 Å². The van der Waals surface area contributed by atoms with Crippen molar-refractivity contribution < 1.29 is 4.74 Å². The molecule has 0 aliphatic carbocycles. The maximum Gasteiger partial charge on any atom is 0.256 e. The topological polar surface area (TPSA) is 66.0 Å². The zero-order valence-electron chi connectivity index (χ0n) is 15.2. The van der Waals surface area contributed by atoms with E-state index in [4.69, 9.17) is 17.0 Å². The van der Waals surface area contributed by atoms with Gasteiger partial charge in [-0.25, -0.2) is 0 Å². The van der Waals surface area contributed by atoms with Crippen molar-refractivity contribution in [3.05, 3.63) is 80.2 Å². The third-order valence-electron chi connectivity index (χ3n) is 5.01. The van der Waals surface area contributed by atoms with Crippen molar-refractivity contribution in [1.82, 2.24) is 19.4 Å². The number of H-pyrrole nitrogens is 2. The number of aromatic amines is 2. The summed E-state index contributed by atoms with van der Waals surface area (Å²) in [5.74, 6) is 0.864. The van der Waals surface area contributed by atoms with E-state index >= 15 is 0 Å². The van der Waals surface area contributed by atoms with Crippen LogP contribution in [0.1, 0.15) is 22.5 Å². The third kappa shape index (κ3) is 3.89. The number of methoxy groups -OCH3 is 1. The number of benzene rings is 1. The third-order valence-corrected chi connectivity index (χ3v) is 5.21. The van der Waals surface area contributed by atoms with Gasteiger partial charge < -0.3 is 14.3 Å². The van der Waals surface area contributed by atoms with Gasteiger partial charge >= 0.3 is 0 Å². The molecule has 6 nitrogen and oxygen atoms in total. The molecule has 0 amide bonds. The molecule has 0 atom stereocenters. The van der Waals surface area contributed by atoms with Crippen LogP contribution in [0.4, 0.5) is 0 Å². The van der Waals surface area contributed by atoms with Gasteiger partial charge in [0.05, 0.1) is 12.7 Å². The lowest BCUT2D eigenvalue weighted by molar-refractivity contribution is 0.236. The predicted octanol–water partition coefficient (Wildman–Crippen LogP) is 2.85. The molecule has 3 heterocycles. The molecule has 2 N–H and O–H groups in total. The minimum atomic E-state index is -0.0768. The Morgan fingerprint density at radius 2 is 1.96 bits per heavy atom. The van der Waals surface area contributed by atoms with Crippen LogP contribution >= 0.6 is 12.2 Å². The van der Waals surface area contributed by atoms with Crippen LogP contribution in [0.3, 0.4) is 0 Å². The van der Waals surface area contributed by atoms with E-state index < -0.39 is 0 Å². The number of nitrogens with one attached hydrogen (secondary N) is 2. The molecule has 1 aliphatic rings. The number of hydrogen-bond donors (Lipinski definition) is 2. The molecule has 0 fully saturated rings. The molecule has 0 spiro atoms. The van der Waals surface area contributed by atoms with Crippen LogP contribution in [0.15, 0.2) is 47.4 Å². The second-order valence-electron chi connectivity index (χ2n) is 6.80. The minimum absolute atomic E-state index is 0.0768. The summed E-state index contributed by atoms with van der Waals surface area (Å²) >= 11 is 5.07. The van der Waals surface area contributed by atoms with Crippen molar-refractivity contribution in [2.75, 3.05) is 13.7 Å². The first-order valence-electron chi connectivity index (χ1n) is 8.96. The van der Waals surface area contributed by atoms with Crippen LogP contribution in [0.2, 0.25) is 0 Å². The number of rotatable bonds is 5. The lowest BCUT2D eigenvalue weighted by Crippen LogP contribution is -2.35. The minimum Gasteiger partial charge on any atom is -0.497 e. The average molecular weight is 382 g/mol. The van der Waals surface area contributed by atoms with Crippen LogP contribution in [-0.2, 0) is 26.1 Å². The lowest BCUT2D eigenvalue weighted by atomic mass is 10.1. The van der Waals surface area contributed by atoms with Crippen molar-refractivity contribution in [3.8, 4) is 5.75 Å². The summed E-state index contributed by atoms with van der Waals surface area (Å²) in [7, 11) is 1.67. The highest BCUT2D eigenvalue weighted by Crippen LogP contribution is 2.18. The van der Waals surface area contributed by atoms with E-state index in [1.165, 1.54) is 11.3 Å². The van der Waals surface area contributed by atoms with E-state index in [0.717, 1.165) is 43.1 Å². The fourth-order valence-corrected chi connectivity index (χ4v) is 3.77. The summed E-state index contributed by atoms with van der Waals surface area (Å²) < 4.78 is 7.88. The van der Waals surface area contributed by atoms with Gasteiger partial charge in [-0.3, -0.25) is 14.7 Å². The van der Waals surface area contributed by atoms with Gasteiger partial charge in [-0.2, -0.15) is 0 Å². The van der Waals surface area contributed by atoms with Gasteiger partial charge in [-0.15, -0.1) is 0 Å². The standard InChI is InChI=1S/C20H22N4O2S/c1-26-16-6-4-14(5-7-16)11-24-9-2-3-15(24)12-23-10-8-18-17(13-23)19(25)22-20(27)21-18/h2-7,9H,8,10-13H2,1H3,(H2,21,22,25,27). The van der Waals surface area contributed by atoms with E-state index in [2.05, 4.69) is 49.9 Å². The first-order valence-corrected chi connectivity index (χ1v) is 9.37. The van der Waals surface area contributed by atoms with Crippen LogP contribution in [-0.4, -0.2) is 33.1 Å². The molecule has 0 bridgehead atoms. The monoisotopic (exact) mass is 382 g/mol. The molecule has 27 heavy (non-hydrogen) atoms. The van der Waals surface area contributed by atoms with Crippen LogP contribution in [0.5, 0.6) is 5.75 Å². The Labute approximate surface area is 162 Å². The Balaban J connectivity index is 1.48. The number of fused-ring (bicyclic) bond motifs is 1. The molecule has 140 valence electrons. The predicted molar refractivity (Wildman–Crippen MR) is 107 cm³/mol. The highest BCUT2D eigenvalue weighted by molar-refractivity contribution is 7.71. The van der Waals surface area contributed by atoms with Gasteiger partial charge in [0, 0.05) is 50.2 Å². The molecule has 1 aliphatic heterocycles. The molecule has 0 radical (unpaired) electrons. The van der Waals surface area contributed by atoms with Crippen LogP contribution < -0.4 is 10.3 Å². The van der Waals surface area contributed by atoms with Crippen molar-refractivity contribution in [1.29, 1.82) is 0 Å². The van der Waals surface area contributed by atoms with Gasteiger partial charge in [-0.1, -0.05) is 12.1 Å². The first-order chi connectivity index (χ1) is 13.1. The van der Waals surface area contributed by atoms with Gasteiger partial charge in [0.15, 0.2) is 4.77 Å². The van der Waals surface area contributed by atoms with Crippen molar-refractivity contribution >= 4 is 12.2 Å². The maximum absolute atomic E-state index is 12.2. The second kappa shape index (κ2) is 7.54. The van der Waals surface area contributed by atoms with Crippen molar-refractivity contribution in [3.63, 3.8) is 0 Å². The number of nitrogens with zero attached hydrogens (tertiary/aromatic N) is 2. The number of aromatic nitrogens is 3. The molecule has 7 heteroatoms. The Morgan fingerprint density at radius 1 is 1.15 bits per heavy atom. The van der Waals surface area contributed by atoms with Gasteiger partial charge in [0.2, 0.25) is 0 Å². The van der Waals surface area contributed by atoms with E-state index in [1.54, 1.807) is 7.11 Å². The summed E-state index contributed by atoms with van der Waals surface area (Å²) in [6.45, 7) is 3.14. The summed E-state index contributed by atoms with van der Waals surface area (Å²) in [5, 5.41) is 0. The smallest absolute Gasteiger partial charge is 0.256 e. The SMILES string of the molecule is COc1ccc(Cn2cccc2CN2CCc3[nH]c(=S)[nH]c(=O)c3C2)cc1. The summed E-state index contributed by atoms with van der Waals surface area (Å²) in [5.41, 5.74) is 4.14. The highest BCUT2D eigenvalue weighted by atomic mass is 32.1. The fourth-order valence-electron chi connectivity index (χ4n) is 3.55. The number of hydrogen-bond acceptors (Lipinski definition) is 4. The van der Waals surface area contributed by atoms with E-state index in [1.807, 2.05) is 12.1 Å². The Bertz CT molecular complexity index is 1050. The Kier molecular flexibility index (Phi) is 4.96. The van der Waals surface area contributed by atoms with Gasteiger partial charge in [0.25, 0.3) is 5.56 Å². The average Bonchev–Trinajstić information content (AvgIpc) is 3.09. The molecule has 4 rings (SSSR count). The zero-order valence-corrected chi connectivity index (χ0v) is 16.0. The Hall–Kier alpha value is -2.64. The fraction of sp³-hybridized carbons (Fsp3) is 0.300. The van der Waals surface area contributed by atoms with E-state index in [0.29, 0.717) is 11.3 Å². The van der Waals surface area contributed by atoms with Crippen LogP contribution in [0, 0.1) is 4.77 Å². The van der Waals surface area contributed by atoms with Crippen molar-refractivity contribution in [2.24, 2.45) is 0 Å². The molecule has 0 saturated heterocycles. The molecular weight excluding hydrogens is 360 g/mol. The molecule has 0 unspecified atom stereocenters. The summed E-state index contributed by atoms with van der Waals surface area (Å²) in [4.78, 5) is 20.3. The largest absolute Gasteiger partial charge is 0.497 e. The quantitative estimate of drug-likeness (QED) is 0.666. The summed E-state index contributed by atoms with van der Waals surface area (Å²) in [6, 6.07) is 12.3. The lowest BCUT2D eigenvalue weighted by Gasteiger charge is -2.28. The van der Waals surface area contributed by atoms with E-state index in [-0.39, 0.29) is 5.56 Å². The summed E-state index contributed by atoms with van der Waals surface area (Å²) in [6.07, 6.45) is 2.91. The van der Waals surface area contributed by atoms with E-state index in [9.17, 15) is 4.79 Å². The second-order valence-corrected chi connectivity index (χ2v) is 7.21. The zero-order chi connectivity index (χ0) is 18.8. The van der Waals surface area contributed by atoms with Crippen molar-refractivity contribution in [2.45, 2.75) is 26.1 Å². The number of ether oxygens (including phenoxy) is 1. The van der Waals surface area contributed by atoms with Crippen LogP contribution in [0.25, 0.3) is 0 Å². The highest BCUT2D eigenvalue weighted by Gasteiger charge is 2.20. The first kappa shape index (κ1) is 17.8.